The SMILES string of the molecule is COc1cc([C@@H](N)[C@@H](O)C(F)(F)F)cc(OC)c1OC. The minimum absolute atomic E-state index is 0.0179. The molecular weight excluding hydrogens is 279 g/mol. The van der Waals surface area contributed by atoms with E-state index in [0.29, 0.717) is 0 Å². The number of halogens is 3. The number of aliphatic hydroxyl groups excluding tert-OH is 1. The maximum Gasteiger partial charge on any atom is 0.416 e. The lowest BCUT2D eigenvalue weighted by Gasteiger charge is -2.23. The van der Waals surface area contributed by atoms with Gasteiger partial charge >= 0.3 is 6.18 Å². The monoisotopic (exact) mass is 295 g/mol. The van der Waals surface area contributed by atoms with Gasteiger partial charge in [0.1, 0.15) is 0 Å². The van der Waals surface area contributed by atoms with Gasteiger partial charge in [-0.3, -0.25) is 0 Å². The second-order valence-corrected chi connectivity index (χ2v) is 3.97. The molecule has 1 aromatic rings. The van der Waals surface area contributed by atoms with E-state index in [1.165, 1.54) is 33.5 Å². The molecule has 114 valence electrons. The van der Waals surface area contributed by atoms with Crippen LogP contribution in [-0.2, 0) is 0 Å². The summed E-state index contributed by atoms with van der Waals surface area (Å²) in [6.07, 6.45) is -7.51. The van der Waals surface area contributed by atoms with Crippen LogP contribution in [0.2, 0.25) is 0 Å². The van der Waals surface area contributed by atoms with E-state index >= 15 is 0 Å². The Morgan fingerprint density at radius 1 is 1.05 bits per heavy atom. The molecular formula is C12H16F3NO4. The first kappa shape index (κ1) is 16.4. The first-order valence-electron chi connectivity index (χ1n) is 5.56. The Morgan fingerprint density at radius 2 is 1.50 bits per heavy atom. The number of hydrogen-bond donors (Lipinski definition) is 2. The van der Waals surface area contributed by atoms with Crippen LogP contribution in [0.15, 0.2) is 12.1 Å². The Labute approximate surface area is 114 Å². The number of alkyl halides is 3. The van der Waals surface area contributed by atoms with Crippen LogP contribution in [0.4, 0.5) is 13.2 Å². The van der Waals surface area contributed by atoms with Crippen molar-refractivity contribution in [3.63, 3.8) is 0 Å². The van der Waals surface area contributed by atoms with Crippen molar-refractivity contribution in [3.05, 3.63) is 17.7 Å². The predicted octanol–water partition coefficient (Wildman–Crippen LogP) is 1.64. The zero-order valence-corrected chi connectivity index (χ0v) is 11.2. The van der Waals surface area contributed by atoms with Gasteiger partial charge in [0.15, 0.2) is 17.6 Å². The lowest BCUT2D eigenvalue weighted by Crippen LogP contribution is -2.38. The molecule has 3 N–H and O–H groups in total. The van der Waals surface area contributed by atoms with Gasteiger partial charge in [-0.05, 0) is 17.7 Å². The molecule has 2 atom stereocenters. The normalized spacial score (nSPS) is 14.6. The number of benzene rings is 1. The number of ether oxygens (including phenoxy) is 3. The van der Waals surface area contributed by atoms with E-state index in [9.17, 15) is 18.3 Å². The Hall–Kier alpha value is -1.67. The zero-order valence-electron chi connectivity index (χ0n) is 11.2. The van der Waals surface area contributed by atoms with Crippen molar-refractivity contribution in [1.82, 2.24) is 0 Å². The number of methoxy groups -OCH3 is 3. The fourth-order valence-electron chi connectivity index (χ4n) is 1.68. The fourth-order valence-corrected chi connectivity index (χ4v) is 1.68. The van der Waals surface area contributed by atoms with Gasteiger partial charge in [-0.2, -0.15) is 13.2 Å². The molecule has 0 heterocycles. The van der Waals surface area contributed by atoms with Crippen LogP contribution >= 0.6 is 0 Å². The van der Waals surface area contributed by atoms with Crippen molar-refractivity contribution in [3.8, 4) is 17.2 Å². The van der Waals surface area contributed by atoms with Gasteiger partial charge in [0.25, 0.3) is 0 Å². The van der Waals surface area contributed by atoms with E-state index in [2.05, 4.69) is 0 Å². The summed E-state index contributed by atoms with van der Waals surface area (Å²) in [5, 5.41) is 9.20. The molecule has 0 fully saturated rings. The summed E-state index contributed by atoms with van der Waals surface area (Å²) in [6.45, 7) is 0. The van der Waals surface area contributed by atoms with Gasteiger partial charge in [-0.25, -0.2) is 0 Å². The molecule has 0 bridgehead atoms. The predicted molar refractivity (Wildman–Crippen MR) is 65.1 cm³/mol. The number of hydrogen-bond acceptors (Lipinski definition) is 5. The van der Waals surface area contributed by atoms with Crippen LogP contribution in [0.3, 0.4) is 0 Å². The molecule has 0 amide bonds. The minimum atomic E-state index is -4.82. The molecule has 1 rings (SSSR count). The Kier molecular flexibility index (Phi) is 5.07. The Balaban J connectivity index is 3.26. The van der Waals surface area contributed by atoms with Crippen molar-refractivity contribution >= 4 is 0 Å². The van der Waals surface area contributed by atoms with Crippen LogP contribution in [0.1, 0.15) is 11.6 Å². The third-order valence-electron chi connectivity index (χ3n) is 2.75. The molecule has 0 saturated carbocycles. The highest BCUT2D eigenvalue weighted by atomic mass is 19.4. The van der Waals surface area contributed by atoms with Crippen LogP contribution in [0.25, 0.3) is 0 Å². The molecule has 0 aliphatic carbocycles. The molecule has 0 saturated heterocycles. The molecule has 0 aromatic heterocycles. The lowest BCUT2D eigenvalue weighted by atomic mass is 10.0. The van der Waals surface area contributed by atoms with Gasteiger partial charge < -0.3 is 25.1 Å². The standard InChI is InChI=1S/C12H16F3NO4/c1-18-7-4-6(5-8(19-2)10(7)20-3)9(16)11(17)12(13,14)15/h4-5,9,11,17H,16H2,1-3H3/t9-,11-/m1/s1. The molecule has 1 aromatic carbocycles. The van der Waals surface area contributed by atoms with Gasteiger partial charge in [0.05, 0.1) is 27.4 Å². The van der Waals surface area contributed by atoms with Crippen LogP contribution in [0.5, 0.6) is 17.2 Å². The smallest absolute Gasteiger partial charge is 0.416 e. The van der Waals surface area contributed by atoms with E-state index < -0.39 is 18.3 Å². The van der Waals surface area contributed by atoms with Crippen molar-refractivity contribution in [1.29, 1.82) is 0 Å². The van der Waals surface area contributed by atoms with E-state index in [0.717, 1.165) is 0 Å². The number of nitrogens with two attached hydrogens (primary N) is 1. The average molecular weight is 295 g/mol. The number of aliphatic hydroxyl groups is 1. The van der Waals surface area contributed by atoms with Crippen LogP contribution in [0, 0.1) is 0 Å². The second kappa shape index (κ2) is 6.19. The van der Waals surface area contributed by atoms with Gasteiger partial charge in [-0.15, -0.1) is 0 Å². The molecule has 5 nitrogen and oxygen atoms in total. The third-order valence-corrected chi connectivity index (χ3v) is 2.75. The van der Waals surface area contributed by atoms with E-state index in [4.69, 9.17) is 19.9 Å². The molecule has 0 spiro atoms. The van der Waals surface area contributed by atoms with Gasteiger partial charge in [0.2, 0.25) is 5.75 Å². The second-order valence-electron chi connectivity index (χ2n) is 3.97. The molecule has 20 heavy (non-hydrogen) atoms. The average Bonchev–Trinajstić information content (AvgIpc) is 2.42. The maximum atomic E-state index is 12.5. The Bertz CT molecular complexity index is 440. The van der Waals surface area contributed by atoms with Crippen molar-refractivity contribution < 1.29 is 32.5 Å². The van der Waals surface area contributed by atoms with E-state index in [1.807, 2.05) is 0 Å². The topological polar surface area (TPSA) is 73.9 Å². The first-order chi connectivity index (χ1) is 9.26. The summed E-state index contributed by atoms with van der Waals surface area (Å²) in [5.74, 6) is 0.547. The quantitative estimate of drug-likeness (QED) is 0.864. The molecule has 0 aliphatic heterocycles. The molecule has 8 heteroatoms. The highest BCUT2D eigenvalue weighted by molar-refractivity contribution is 5.54. The zero-order chi connectivity index (χ0) is 15.5. The summed E-state index contributed by atoms with van der Waals surface area (Å²) in [4.78, 5) is 0. The Morgan fingerprint density at radius 3 is 1.80 bits per heavy atom. The first-order valence-corrected chi connectivity index (χ1v) is 5.56. The molecule has 0 aliphatic rings. The largest absolute Gasteiger partial charge is 0.493 e. The van der Waals surface area contributed by atoms with Crippen molar-refractivity contribution in [2.24, 2.45) is 5.73 Å². The van der Waals surface area contributed by atoms with Crippen molar-refractivity contribution in [2.75, 3.05) is 21.3 Å². The summed E-state index contributed by atoms with van der Waals surface area (Å²) >= 11 is 0. The van der Waals surface area contributed by atoms with Crippen LogP contribution < -0.4 is 19.9 Å². The van der Waals surface area contributed by atoms with E-state index in [1.54, 1.807) is 0 Å². The van der Waals surface area contributed by atoms with Gasteiger partial charge in [0, 0.05) is 0 Å². The number of rotatable bonds is 5. The summed E-state index contributed by atoms with van der Waals surface area (Å²) in [6, 6.07) is 0.866. The summed E-state index contributed by atoms with van der Waals surface area (Å²) in [7, 11) is 4.02. The fraction of sp³-hybridized carbons (Fsp3) is 0.500. The summed E-state index contributed by atoms with van der Waals surface area (Å²) < 4.78 is 52.5. The highest BCUT2D eigenvalue weighted by Gasteiger charge is 2.43. The molecule has 0 radical (unpaired) electrons. The molecule has 0 unspecified atom stereocenters. The minimum Gasteiger partial charge on any atom is -0.493 e. The van der Waals surface area contributed by atoms with Gasteiger partial charge in [-0.1, -0.05) is 0 Å². The van der Waals surface area contributed by atoms with Crippen molar-refractivity contribution in [2.45, 2.75) is 18.3 Å². The summed E-state index contributed by atoms with van der Waals surface area (Å²) in [5.41, 5.74) is 5.46. The highest BCUT2D eigenvalue weighted by Crippen LogP contribution is 2.40. The van der Waals surface area contributed by atoms with E-state index in [-0.39, 0.29) is 22.8 Å². The third kappa shape index (κ3) is 3.26. The maximum absolute atomic E-state index is 12.5. The van der Waals surface area contributed by atoms with Crippen LogP contribution in [-0.4, -0.2) is 38.7 Å². The lowest BCUT2D eigenvalue weighted by molar-refractivity contribution is -0.210.